The number of methoxy groups -OCH3 is 1. The molecule has 5 rings (SSSR count). The van der Waals surface area contributed by atoms with Gasteiger partial charge in [0.05, 0.1) is 26.0 Å². The van der Waals surface area contributed by atoms with Gasteiger partial charge in [-0.1, -0.05) is 30.3 Å². The topological polar surface area (TPSA) is 71.1 Å². The smallest absolute Gasteiger partial charge is 0.326 e. The number of fused-ring (bicyclic) bond motifs is 1. The summed E-state index contributed by atoms with van der Waals surface area (Å²) in [6.07, 6.45) is 0.788. The Hall–Kier alpha value is -3.84. The third-order valence-corrected chi connectivity index (χ3v) is 6.33. The molecule has 7 heteroatoms. The number of hydrogen-bond donors (Lipinski definition) is 1. The first-order valence-electron chi connectivity index (χ1n) is 11.5. The van der Waals surface area contributed by atoms with Gasteiger partial charge in [0.25, 0.3) is 5.91 Å². The van der Waals surface area contributed by atoms with Crippen LogP contribution in [-0.4, -0.2) is 56.8 Å². The number of hydrogen-bond acceptors (Lipinski definition) is 4. The molecule has 1 fully saturated rings. The molecule has 0 radical (unpaired) electrons. The van der Waals surface area contributed by atoms with Crippen molar-refractivity contribution in [3.8, 4) is 16.9 Å². The lowest BCUT2D eigenvalue weighted by atomic mass is 10.0. The van der Waals surface area contributed by atoms with E-state index >= 15 is 0 Å². The van der Waals surface area contributed by atoms with Crippen LogP contribution in [0.5, 0.6) is 5.75 Å². The normalized spacial score (nSPS) is 15.1. The van der Waals surface area contributed by atoms with Gasteiger partial charge in [-0.15, -0.1) is 0 Å². The highest BCUT2D eigenvalue weighted by molar-refractivity contribution is 6.04. The Kier molecular flexibility index (Phi) is 6.18. The quantitative estimate of drug-likeness (QED) is 0.629. The Morgan fingerprint density at radius 3 is 2.41 bits per heavy atom. The predicted octanol–water partition coefficient (Wildman–Crippen LogP) is 4.43. The van der Waals surface area contributed by atoms with Gasteiger partial charge >= 0.3 is 6.03 Å². The number of carbonyl (C=O) groups is 2. The van der Waals surface area contributed by atoms with Crippen LogP contribution < -0.4 is 15.0 Å². The molecule has 2 aliphatic heterocycles. The Labute approximate surface area is 198 Å². The monoisotopic (exact) mass is 457 g/mol. The van der Waals surface area contributed by atoms with Crippen LogP contribution in [0.1, 0.15) is 15.9 Å². The van der Waals surface area contributed by atoms with Gasteiger partial charge in [-0.3, -0.25) is 9.69 Å². The molecule has 3 amide bonds. The lowest BCUT2D eigenvalue weighted by Gasteiger charge is -2.26. The van der Waals surface area contributed by atoms with E-state index in [1.54, 1.807) is 12.0 Å². The zero-order valence-electron chi connectivity index (χ0n) is 19.1. The molecule has 0 unspecified atom stereocenters. The summed E-state index contributed by atoms with van der Waals surface area (Å²) >= 11 is 0. The van der Waals surface area contributed by atoms with Crippen molar-refractivity contribution in [1.82, 2.24) is 4.90 Å². The maximum Gasteiger partial charge on any atom is 0.326 e. The fourth-order valence-electron chi connectivity index (χ4n) is 4.48. The van der Waals surface area contributed by atoms with E-state index in [2.05, 4.69) is 11.4 Å². The average Bonchev–Trinajstić information content (AvgIpc) is 3.33. The van der Waals surface area contributed by atoms with E-state index < -0.39 is 0 Å². The number of morpholine rings is 1. The highest BCUT2D eigenvalue weighted by atomic mass is 16.5. The van der Waals surface area contributed by atoms with Crippen molar-refractivity contribution in [2.75, 3.05) is 50.2 Å². The number of anilines is 2. The minimum atomic E-state index is -0.179. The van der Waals surface area contributed by atoms with Crippen molar-refractivity contribution < 1.29 is 19.1 Å². The second-order valence-electron chi connectivity index (χ2n) is 8.36. The van der Waals surface area contributed by atoms with Crippen LogP contribution in [0.3, 0.4) is 0 Å². The molecular formula is C27H27N3O4. The number of benzene rings is 3. The van der Waals surface area contributed by atoms with Gasteiger partial charge in [0.15, 0.2) is 0 Å². The van der Waals surface area contributed by atoms with Crippen molar-refractivity contribution in [3.63, 3.8) is 0 Å². The summed E-state index contributed by atoms with van der Waals surface area (Å²) < 4.78 is 10.7. The molecule has 3 aromatic carbocycles. The summed E-state index contributed by atoms with van der Waals surface area (Å²) in [4.78, 5) is 29.2. The molecule has 0 atom stereocenters. The molecule has 3 aromatic rings. The van der Waals surface area contributed by atoms with Crippen LogP contribution in [0, 0.1) is 0 Å². The molecule has 0 spiro atoms. The summed E-state index contributed by atoms with van der Waals surface area (Å²) in [6.45, 7) is 3.06. The van der Waals surface area contributed by atoms with E-state index in [-0.39, 0.29) is 11.9 Å². The fraction of sp³-hybridized carbons (Fsp3) is 0.259. The molecule has 0 saturated carbocycles. The van der Waals surface area contributed by atoms with Crippen LogP contribution in [-0.2, 0) is 11.2 Å². The number of urea groups is 1. The predicted molar refractivity (Wildman–Crippen MR) is 132 cm³/mol. The molecule has 0 aliphatic carbocycles. The van der Waals surface area contributed by atoms with Gasteiger partial charge in [0.1, 0.15) is 5.75 Å². The van der Waals surface area contributed by atoms with E-state index in [1.165, 1.54) is 0 Å². The molecule has 34 heavy (non-hydrogen) atoms. The van der Waals surface area contributed by atoms with Crippen molar-refractivity contribution in [2.24, 2.45) is 0 Å². The fourth-order valence-corrected chi connectivity index (χ4v) is 4.48. The largest absolute Gasteiger partial charge is 0.495 e. The first-order valence-corrected chi connectivity index (χ1v) is 11.5. The van der Waals surface area contributed by atoms with Crippen molar-refractivity contribution in [2.45, 2.75) is 6.42 Å². The molecule has 1 saturated heterocycles. The highest BCUT2D eigenvalue weighted by Crippen LogP contribution is 2.33. The van der Waals surface area contributed by atoms with Crippen molar-refractivity contribution >= 4 is 23.3 Å². The van der Waals surface area contributed by atoms with Crippen molar-refractivity contribution in [1.29, 1.82) is 0 Å². The molecule has 0 aromatic heterocycles. The van der Waals surface area contributed by atoms with E-state index in [4.69, 9.17) is 9.47 Å². The van der Waals surface area contributed by atoms with Gasteiger partial charge in [-0.05, 0) is 59.5 Å². The Balaban J connectivity index is 1.30. The summed E-state index contributed by atoms with van der Waals surface area (Å²) in [5.74, 6) is 0.668. The molecular weight excluding hydrogens is 430 g/mol. The Morgan fingerprint density at radius 2 is 1.65 bits per heavy atom. The van der Waals surface area contributed by atoms with Crippen LogP contribution in [0.4, 0.5) is 16.2 Å². The number of nitrogens with zero attached hydrogens (tertiary/aromatic N) is 2. The van der Waals surface area contributed by atoms with E-state index in [0.717, 1.165) is 28.8 Å². The second kappa shape index (κ2) is 9.57. The average molecular weight is 458 g/mol. The zero-order chi connectivity index (χ0) is 23.5. The molecule has 2 heterocycles. The summed E-state index contributed by atoms with van der Waals surface area (Å²) in [7, 11) is 1.59. The van der Waals surface area contributed by atoms with Gasteiger partial charge < -0.3 is 19.7 Å². The van der Waals surface area contributed by atoms with Gasteiger partial charge in [0, 0.05) is 30.9 Å². The first-order chi connectivity index (χ1) is 16.6. The molecule has 174 valence electrons. The summed E-state index contributed by atoms with van der Waals surface area (Å²) in [6, 6.07) is 21.1. The van der Waals surface area contributed by atoms with Crippen LogP contribution in [0.15, 0.2) is 66.7 Å². The third kappa shape index (κ3) is 4.34. The minimum absolute atomic E-state index is 0.0421. The molecule has 7 nitrogen and oxygen atoms in total. The highest BCUT2D eigenvalue weighted by Gasteiger charge is 2.26. The molecule has 0 bridgehead atoms. The lowest BCUT2D eigenvalue weighted by molar-refractivity contribution is 0.0303. The van der Waals surface area contributed by atoms with Crippen LogP contribution in [0.25, 0.3) is 11.1 Å². The molecule has 2 aliphatic rings. The van der Waals surface area contributed by atoms with Crippen LogP contribution in [0.2, 0.25) is 0 Å². The third-order valence-electron chi connectivity index (χ3n) is 6.33. The first kappa shape index (κ1) is 22.0. The number of rotatable bonds is 4. The zero-order valence-corrected chi connectivity index (χ0v) is 19.1. The number of ether oxygens (including phenoxy) is 2. The van der Waals surface area contributed by atoms with Crippen molar-refractivity contribution in [3.05, 3.63) is 77.9 Å². The van der Waals surface area contributed by atoms with Crippen LogP contribution >= 0.6 is 0 Å². The summed E-state index contributed by atoms with van der Waals surface area (Å²) in [5, 5.41) is 2.95. The lowest BCUT2D eigenvalue weighted by Crippen LogP contribution is -2.40. The minimum Gasteiger partial charge on any atom is -0.495 e. The maximum absolute atomic E-state index is 12.9. The Morgan fingerprint density at radius 1 is 0.912 bits per heavy atom. The van der Waals surface area contributed by atoms with Gasteiger partial charge in [-0.25, -0.2) is 4.79 Å². The van der Waals surface area contributed by atoms with Gasteiger partial charge in [0.2, 0.25) is 0 Å². The number of nitrogens with one attached hydrogen (secondary N) is 1. The Bertz CT molecular complexity index is 1200. The van der Waals surface area contributed by atoms with E-state index in [1.807, 2.05) is 65.6 Å². The second-order valence-corrected chi connectivity index (χ2v) is 8.36. The number of carbonyl (C=O) groups excluding carboxylic acids is 2. The maximum atomic E-state index is 12.9. The molecule has 1 N–H and O–H groups in total. The standard InChI is InChI=1S/C27H27N3O4/c1-33-25-5-3-2-4-23(25)28-27(32)30-13-12-22-18-21(10-11-24(22)30)19-6-8-20(9-7-19)26(31)29-14-16-34-17-15-29/h2-11,18H,12-17H2,1H3,(H,28,32). The number of amides is 3. The van der Waals surface area contributed by atoms with Gasteiger partial charge in [-0.2, -0.15) is 0 Å². The SMILES string of the molecule is COc1ccccc1NC(=O)N1CCc2cc(-c3ccc(C(=O)N4CCOCC4)cc3)ccc21. The number of para-hydroxylation sites is 2. The van der Waals surface area contributed by atoms with E-state index in [9.17, 15) is 9.59 Å². The van der Waals surface area contributed by atoms with E-state index in [0.29, 0.717) is 49.8 Å². The summed E-state index contributed by atoms with van der Waals surface area (Å²) in [5.41, 5.74) is 5.48.